The maximum Gasteiger partial charge on any atom is 0.261 e. The van der Waals surface area contributed by atoms with Crippen molar-refractivity contribution in [2.24, 2.45) is 5.41 Å². The number of hydrogen-bond acceptors (Lipinski definition) is 5. The van der Waals surface area contributed by atoms with Crippen LogP contribution in [0, 0.1) is 5.41 Å². The number of hydrogen-bond donors (Lipinski definition) is 1. The van der Waals surface area contributed by atoms with Crippen LogP contribution < -0.4 is 5.32 Å². The molecule has 0 aliphatic rings. The van der Waals surface area contributed by atoms with E-state index in [4.69, 9.17) is 0 Å². The monoisotopic (exact) mass is 337 g/mol. The van der Waals surface area contributed by atoms with E-state index in [1.807, 2.05) is 28.2 Å². The second-order valence-electron chi connectivity index (χ2n) is 6.89. The van der Waals surface area contributed by atoms with Gasteiger partial charge in [0.25, 0.3) is 5.91 Å². The van der Waals surface area contributed by atoms with Crippen LogP contribution in [0.4, 0.5) is 0 Å². The van der Waals surface area contributed by atoms with Crippen LogP contribution in [0.15, 0.2) is 24.4 Å². The van der Waals surface area contributed by atoms with Gasteiger partial charge in [-0.1, -0.05) is 13.8 Å². The van der Waals surface area contributed by atoms with Gasteiger partial charge in [0.15, 0.2) is 5.78 Å². The molecule has 1 aromatic rings. The van der Waals surface area contributed by atoms with Gasteiger partial charge in [-0.05, 0) is 31.6 Å². The summed E-state index contributed by atoms with van der Waals surface area (Å²) in [4.78, 5) is 29.2. The van der Waals surface area contributed by atoms with Crippen molar-refractivity contribution in [2.45, 2.75) is 13.8 Å². The Bertz CT molecular complexity index is 574. The molecule has 0 saturated carbocycles. The van der Waals surface area contributed by atoms with Crippen LogP contribution in [0.25, 0.3) is 0 Å². The molecule has 23 heavy (non-hydrogen) atoms. The van der Waals surface area contributed by atoms with E-state index >= 15 is 0 Å². The topological polar surface area (TPSA) is 52.7 Å². The van der Waals surface area contributed by atoms with Crippen molar-refractivity contribution in [3.8, 4) is 0 Å². The fourth-order valence-corrected chi connectivity index (χ4v) is 3.05. The molecule has 1 amide bonds. The maximum absolute atomic E-state index is 12.2. The minimum Gasteiger partial charge on any atom is -0.383 e. The van der Waals surface area contributed by atoms with Gasteiger partial charge in [0, 0.05) is 39.5 Å². The van der Waals surface area contributed by atoms with Gasteiger partial charge in [-0.3, -0.25) is 9.59 Å². The van der Waals surface area contributed by atoms with Crippen molar-refractivity contribution in [1.29, 1.82) is 0 Å². The van der Waals surface area contributed by atoms with Crippen LogP contribution in [-0.2, 0) is 0 Å². The second kappa shape index (κ2) is 8.26. The van der Waals surface area contributed by atoms with Gasteiger partial charge in [0.2, 0.25) is 0 Å². The van der Waals surface area contributed by atoms with Gasteiger partial charge >= 0.3 is 0 Å². The predicted octanol–water partition coefficient (Wildman–Crippen LogP) is 2.32. The lowest BCUT2D eigenvalue weighted by Crippen LogP contribution is -2.39. The van der Waals surface area contributed by atoms with Gasteiger partial charge in [0.1, 0.15) is 0 Å². The molecule has 1 rings (SSSR count). The highest BCUT2D eigenvalue weighted by atomic mass is 32.1. The lowest BCUT2D eigenvalue weighted by molar-refractivity contribution is 0.0933. The summed E-state index contributed by atoms with van der Waals surface area (Å²) < 4.78 is 0. The first-order valence-corrected chi connectivity index (χ1v) is 8.34. The van der Waals surface area contributed by atoms with Crippen molar-refractivity contribution in [3.63, 3.8) is 0 Å². The summed E-state index contributed by atoms with van der Waals surface area (Å²) in [6.45, 7) is 5.70. The lowest BCUT2D eigenvalue weighted by atomic mass is 9.93. The van der Waals surface area contributed by atoms with Crippen molar-refractivity contribution in [2.75, 3.05) is 41.3 Å². The van der Waals surface area contributed by atoms with Crippen molar-refractivity contribution in [1.82, 2.24) is 15.1 Å². The molecule has 5 nitrogen and oxygen atoms in total. The van der Waals surface area contributed by atoms with Crippen LogP contribution >= 0.6 is 11.3 Å². The molecular weight excluding hydrogens is 310 g/mol. The molecule has 0 fully saturated rings. The number of carbonyl (C=O) groups excluding carboxylic acids is 2. The van der Waals surface area contributed by atoms with E-state index < -0.39 is 0 Å². The largest absolute Gasteiger partial charge is 0.383 e. The predicted molar refractivity (Wildman–Crippen MR) is 96.1 cm³/mol. The van der Waals surface area contributed by atoms with Crippen LogP contribution in [0.2, 0.25) is 0 Å². The first-order chi connectivity index (χ1) is 10.6. The number of nitrogens with zero attached hydrogens (tertiary/aromatic N) is 2. The van der Waals surface area contributed by atoms with E-state index in [1.165, 1.54) is 17.4 Å². The number of amides is 1. The fraction of sp³-hybridized carbons (Fsp3) is 0.529. The Kier molecular flexibility index (Phi) is 6.97. The molecule has 1 heterocycles. The Morgan fingerprint density at radius 3 is 2.35 bits per heavy atom. The van der Waals surface area contributed by atoms with Crippen molar-refractivity contribution in [3.05, 3.63) is 34.2 Å². The molecule has 0 aromatic carbocycles. The molecule has 0 aliphatic carbocycles. The zero-order valence-electron chi connectivity index (χ0n) is 14.8. The molecule has 1 N–H and O–H groups in total. The van der Waals surface area contributed by atoms with Gasteiger partial charge in [-0.2, -0.15) is 0 Å². The van der Waals surface area contributed by atoms with Gasteiger partial charge < -0.3 is 15.1 Å². The highest BCUT2D eigenvalue weighted by Crippen LogP contribution is 2.19. The number of ketones is 1. The number of allylic oxidation sites excluding steroid dienone is 1. The molecule has 128 valence electrons. The molecular formula is C17H27N3O2S. The third kappa shape index (κ3) is 6.97. The highest BCUT2D eigenvalue weighted by molar-refractivity contribution is 7.16. The van der Waals surface area contributed by atoms with Crippen LogP contribution in [-0.4, -0.2) is 62.8 Å². The second-order valence-corrected chi connectivity index (χ2v) is 7.98. The number of thiophene rings is 1. The van der Waals surface area contributed by atoms with E-state index in [2.05, 4.69) is 24.1 Å². The van der Waals surface area contributed by atoms with Crippen LogP contribution in [0.1, 0.15) is 33.2 Å². The SMILES string of the molecule is CN(C)/C=C/C(=O)c1ccc(C(=O)NCC(C)(C)CN(C)C)s1. The summed E-state index contributed by atoms with van der Waals surface area (Å²) >= 11 is 1.22. The molecule has 6 heteroatoms. The quantitative estimate of drug-likeness (QED) is 0.584. The minimum atomic E-state index is -0.127. The Balaban J connectivity index is 2.64. The fourth-order valence-electron chi connectivity index (χ4n) is 2.21. The molecule has 0 aliphatic heterocycles. The van der Waals surface area contributed by atoms with Gasteiger partial charge in [-0.25, -0.2) is 0 Å². The Labute approximate surface area is 143 Å². The van der Waals surface area contributed by atoms with Crippen molar-refractivity contribution < 1.29 is 9.59 Å². The van der Waals surface area contributed by atoms with Crippen LogP contribution in [0.5, 0.6) is 0 Å². The standard InChI is InChI=1S/C17H27N3O2S/c1-17(2,12-20(5)6)11-18-16(22)15-8-7-14(23-15)13(21)9-10-19(3)4/h7-10H,11-12H2,1-6H3,(H,18,22)/b10-9+. The molecule has 0 spiro atoms. The Hall–Kier alpha value is -1.66. The Morgan fingerprint density at radius 1 is 1.17 bits per heavy atom. The number of rotatable bonds is 8. The summed E-state index contributed by atoms with van der Waals surface area (Å²) in [6, 6.07) is 3.41. The minimum absolute atomic E-state index is 0.0104. The van der Waals surface area contributed by atoms with Crippen molar-refractivity contribution >= 4 is 23.0 Å². The summed E-state index contributed by atoms with van der Waals surface area (Å²) in [5.74, 6) is -0.215. The van der Waals surface area contributed by atoms with E-state index in [9.17, 15) is 9.59 Å². The van der Waals surface area contributed by atoms with E-state index in [-0.39, 0.29) is 17.1 Å². The first kappa shape index (κ1) is 19.4. The average Bonchev–Trinajstić information content (AvgIpc) is 2.90. The van der Waals surface area contributed by atoms with E-state index in [0.717, 1.165) is 6.54 Å². The zero-order valence-corrected chi connectivity index (χ0v) is 15.7. The maximum atomic E-state index is 12.2. The normalized spacial score (nSPS) is 12.0. The summed E-state index contributed by atoms with van der Waals surface area (Å²) in [7, 11) is 7.74. The Morgan fingerprint density at radius 2 is 1.78 bits per heavy atom. The molecule has 0 unspecified atom stereocenters. The van der Waals surface area contributed by atoms with Gasteiger partial charge in [-0.15, -0.1) is 11.3 Å². The first-order valence-electron chi connectivity index (χ1n) is 7.52. The zero-order chi connectivity index (χ0) is 17.6. The van der Waals surface area contributed by atoms with Gasteiger partial charge in [0.05, 0.1) is 9.75 Å². The lowest BCUT2D eigenvalue weighted by Gasteiger charge is -2.28. The number of nitrogens with one attached hydrogen (secondary N) is 1. The van der Waals surface area contributed by atoms with Crippen LogP contribution in [0.3, 0.4) is 0 Å². The molecule has 1 aromatic heterocycles. The molecule has 0 radical (unpaired) electrons. The smallest absolute Gasteiger partial charge is 0.261 e. The summed E-state index contributed by atoms with van der Waals surface area (Å²) in [6.07, 6.45) is 3.21. The third-order valence-corrected chi connectivity index (χ3v) is 4.17. The summed E-state index contributed by atoms with van der Waals surface area (Å²) in [5.41, 5.74) is -0.0104. The van der Waals surface area contributed by atoms with E-state index in [1.54, 1.807) is 23.2 Å². The molecule has 0 atom stereocenters. The third-order valence-electron chi connectivity index (χ3n) is 3.07. The average molecular weight is 337 g/mol. The van der Waals surface area contributed by atoms with E-state index in [0.29, 0.717) is 16.3 Å². The highest BCUT2D eigenvalue weighted by Gasteiger charge is 2.21. The summed E-state index contributed by atoms with van der Waals surface area (Å²) in [5, 5.41) is 2.95. The molecule has 0 saturated heterocycles. The number of carbonyl (C=O) groups is 2. The molecule has 0 bridgehead atoms.